The monoisotopic (exact) mass is 514 g/mol. The number of aromatic nitrogens is 2. The fraction of sp³-hybridized carbons (Fsp3) is 0.174. The smallest absolute Gasteiger partial charge is 0.322 e. The number of amides is 1. The normalized spacial score (nSPS) is 14.1. The van der Waals surface area contributed by atoms with Gasteiger partial charge in [0.25, 0.3) is 5.91 Å². The minimum Gasteiger partial charge on any atom is -0.480 e. The van der Waals surface area contributed by atoms with Gasteiger partial charge in [-0.05, 0) is 59.9 Å². The number of carbonyl (C=O) groups is 2. The van der Waals surface area contributed by atoms with Crippen molar-refractivity contribution in [3.8, 4) is 0 Å². The van der Waals surface area contributed by atoms with Crippen molar-refractivity contribution >= 4 is 46.6 Å². The number of pyridine rings is 2. The first-order valence-corrected chi connectivity index (χ1v) is 11.3. The Kier molecular flexibility index (Phi) is 7.37. The number of nitrogens with one attached hydrogen (secondary N) is 4. The quantitative estimate of drug-likeness (QED) is 0.249. The van der Waals surface area contributed by atoms with Gasteiger partial charge in [0.1, 0.15) is 12.4 Å². The van der Waals surface area contributed by atoms with Gasteiger partial charge in [-0.3, -0.25) is 25.4 Å². The van der Waals surface area contributed by atoms with Crippen LogP contribution in [-0.2, 0) is 17.6 Å². The lowest BCUT2D eigenvalue weighted by Crippen LogP contribution is -2.41. The summed E-state index contributed by atoms with van der Waals surface area (Å²) < 4.78 is 14.6. The molecule has 2 aromatic heterocycles. The van der Waals surface area contributed by atoms with E-state index in [-0.39, 0.29) is 27.3 Å². The zero-order valence-corrected chi connectivity index (χ0v) is 19.7. The van der Waals surface area contributed by atoms with Crippen LogP contribution < -0.4 is 21.5 Å². The summed E-state index contributed by atoms with van der Waals surface area (Å²) in [5.41, 5.74) is 9.02. The van der Waals surface area contributed by atoms with Gasteiger partial charge in [0, 0.05) is 24.2 Å². The largest absolute Gasteiger partial charge is 0.480 e. The van der Waals surface area contributed by atoms with E-state index in [2.05, 4.69) is 31.5 Å². The van der Waals surface area contributed by atoms with Crippen LogP contribution in [0.25, 0.3) is 0 Å². The molecule has 0 spiro atoms. The van der Waals surface area contributed by atoms with Crippen molar-refractivity contribution in [3.63, 3.8) is 0 Å². The van der Waals surface area contributed by atoms with Crippen molar-refractivity contribution in [2.75, 3.05) is 12.0 Å². The number of carboxylic acid groups (broad SMARTS) is 1. The maximum Gasteiger partial charge on any atom is 0.322 e. The van der Waals surface area contributed by atoms with E-state index in [4.69, 9.17) is 28.9 Å². The highest BCUT2D eigenvalue weighted by Crippen LogP contribution is 2.33. The molecule has 1 unspecified atom stereocenters. The fourth-order valence-electron chi connectivity index (χ4n) is 3.81. The number of carboxylic acids is 1. The minimum absolute atomic E-state index is 0.101. The summed E-state index contributed by atoms with van der Waals surface area (Å²) in [6.07, 6.45) is 5.93. The summed E-state index contributed by atoms with van der Waals surface area (Å²) in [4.78, 5) is 30.9. The van der Waals surface area contributed by atoms with Crippen LogP contribution in [0.3, 0.4) is 0 Å². The molecule has 4 rings (SSSR count). The molecule has 2 heterocycles. The number of benzene rings is 1. The lowest BCUT2D eigenvalue weighted by molar-refractivity contribution is -0.135. The van der Waals surface area contributed by atoms with Crippen molar-refractivity contribution in [1.82, 2.24) is 26.0 Å². The number of aliphatic carboxylic acids is 1. The van der Waals surface area contributed by atoms with E-state index in [9.17, 15) is 14.0 Å². The Morgan fingerprint density at radius 2 is 2.03 bits per heavy atom. The molecule has 180 valence electrons. The third kappa shape index (κ3) is 5.64. The summed E-state index contributed by atoms with van der Waals surface area (Å²) >= 11 is 11.7. The van der Waals surface area contributed by atoms with Gasteiger partial charge in [-0.2, -0.15) is 0 Å². The number of hydrazine groups is 1. The highest BCUT2D eigenvalue weighted by molar-refractivity contribution is 7.80. The van der Waals surface area contributed by atoms with Gasteiger partial charge in [0.15, 0.2) is 10.9 Å². The number of nitrogens with zero attached hydrogens (tertiary/aromatic N) is 2. The lowest BCUT2D eigenvalue weighted by atomic mass is 9.96. The molecule has 0 saturated carbocycles. The third-order valence-corrected chi connectivity index (χ3v) is 5.95. The number of aryl methyl sites for hydroxylation is 1. The number of carbonyl (C=O) groups excluding carboxylic acids is 1. The third-order valence-electron chi connectivity index (χ3n) is 5.44. The number of hydrogen-bond acceptors (Lipinski definition) is 6. The first-order valence-electron chi connectivity index (χ1n) is 10.5. The van der Waals surface area contributed by atoms with Gasteiger partial charge in [-0.25, -0.2) is 9.37 Å². The standard InChI is InChI=1S/C23H20ClFN6O3S/c24-17-8-13(22(34)28-11-19(32)33)9-27-21(17)30-31-23(35)29-20-15-2-1-3-18(25)14(15)5-4-12-6-7-26-10-16(12)20/h1-3,6-10,20H,4-5,11H2,(H,27,30)(H,28,34)(H,32,33)(H2,29,31,35). The van der Waals surface area contributed by atoms with Gasteiger partial charge in [-0.1, -0.05) is 23.7 Å². The summed E-state index contributed by atoms with van der Waals surface area (Å²) in [6.45, 7) is -0.523. The van der Waals surface area contributed by atoms with E-state index in [1.807, 2.05) is 12.1 Å². The van der Waals surface area contributed by atoms with E-state index in [1.54, 1.807) is 18.5 Å². The van der Waals surface area contributed by atoms with Crippen LogP contribution in [0.1, 0.15) is 38.7 Å². The van der Waals surface area contributed by atoms with Crippen LogP contribution >= 0.6 is 23.8 Å². The molecule has 12 heteroatoms. The van der Waals surface area contributed by atoms with Crippen molar-refractivity contribution in [1.29, 1.82) is 0 Å². The van der Waals surface area contributed by atoms with E-state index in [0.717, 1.165) is 16.7 Å². The number of hydrogen-bond donors (Lipinski definition) is 5. The SMILES string of the molecule is O=C(O)CNC(=O)c1cnc(NNC(=S)NC2c3cnccc3CCc3c(F)cccc32)c(Cl)c1. The first-order chi connectivity index (χ1) is 16.8. The van der Waals surface area contributed by atoms with Crippen LogP contribution in [0, 0.1) is 5.82 Å². The van der Waals surface area contributed by atoms with Crippen molar-refractivity contribution < 1.29 is 19.1 Å². The molecular formula is C23H20ClFN6O3S. The number of thiocarbonyl (C=S) groups is 1. The van der Waals surface area contributed by atoms with Crippen molar-refractivity contribution in [2.24, 2.45) is 0 Å². The van der Waals surface area contributed by atoms with Gasteiger partial charge >= 0.3 is 5.97 Å². The van der Waals surface area contributed by atoms with E-state index >= 15 is 0 Å². The molecule has 9 nitrogen and oxygen atoms in total. The Bertz CT molecular complexity index is 1310. The van der Waals surface area contributed by atoms with E-state index in [0.29, 0.717) is 18.4 Å². The van der Waals surface area contributed by atoms with Crippen molar-refractivity contribution in [2.45, 2.75) is 18.9 Å². The second kappa shape index (κ2) is 10.6. The van der Waals surface area contributed by atoms with Crippen molar-refractivity contribution in [3.05, 3.63) is 87.6 Å². The molecule has 1 aliphatic rings. The van der Waals surface area contributed by atoms with Gasteiger partial charge in [0.05, 0.1) is 16.6 Å². The second-order valence-electron chi connectivity index (χ2n) is 7.67. The second-order valence-corrected chi connectivity index (χ2v) is 8.48. The highest BCUT2D eigenvalue weighted by Gasteiger charge is 2.26. The molecule has 0 bridgehead atoms. The Balaban J connectivity index is 1.47. The van der Waals surface area contributed by atoms with Gasteiger partial charge in [-0.15, -0.1) is 0 Å². The fourth-order valence-corrected chi connectivity index (χ4v) is 4.19. The zero-order valence-electron chi connectivity index (χ0n) is 18.1. The number of anilines is 1. The molecule has 35 heavy (non-hydrogen) atoms. The average molecular weight is 515 g/mol. The van der Waals surface area contributed by atoms with Crippen LogP contribution in [-0.4, -0.2) is 38.6 Å². The molecule has 0 aliphatic heterocycles. The average Bonchev–Trinajstić information content (AvgIpc) is 3.00. The molecule has 0 radical (unpaired) electrons. The van der Waals surface area contributed by atoms with Gasteiger partial charge in [0.2, 0.25) is 0 Å². The predicted molar refractivity (Wildman–Crippen MR) is 132 cm³/mol. The maximum atomic E-state index is 14.6. The van der Waals surface area contributed by atoms with Gasteiger partial charge < -0.3 is 15.7 Å². The first kappa shape index (κ1) is 24.3. The molecule has 1 aliphatic carbocycles. The summed E-state index contributed by atoms with van der Waals surface area (Å²) in [7, 11) is 0. The summed E-state index contributed by atoms with van der Waals surface area (Å²) in [6, 6.07) is 7.80. The molecule has 3 aromatic rings. The van der Waals surface area contributed by atoms with Crippen LogP contribution in [0.5, 0.6) is 0 Å². The molecule has 0 fully saturated rings. The Morgan fingerprint density at radius 1 is 1.20 bits per heavy atom. The minimum atomic E-state index is -1.17. The topological polar surface area (TPSA) is 128 Å². The Morgan fingerprint density at radius 3 is 2.80 bits per heavy atom. The Hall–Kier alpha value is -3.83. The lowest BCUT2D eigenvalue weighted by Gasteiger charge is -2.23. The zero-order chi connectivity index (χ0) is 24.9. The predicted octanol–water partition coefficient (Wildman–Crippen LogP) is 2.76. The molecule has 0 saturated heterocycles. The summed E-state index contributed by atoms with van der Waals surface area (Å²) in [5.74, 6) is -1.86. The van der Waals surface area contributed by atoms with Crippen LogP contribution in [0.15, 0.2) is 48.9 Å². The van der Waals surface area contributed by atoms with E-state index < -0.39 is 24.5 Å². The number of fused-ring (bicyclic) bond motifs is 2. The molecule has 1 aromatic carbocycles. The molecule has 1 amide bonds. The van der Waals surface area contributed by atoms with Crippen LogP contribution in [0.4, 0.5) is 10.2 Å². The number of halogens is 2. The highest BCUT2D eigenvalue weighted by atomic mass is 35.5. The van der Waals surface area contributed by atoms with Crippen LogP contribution in [0.2, 0.25) is 5.02 Å². The molecule has 5 N–H and O–H groups in total. The Labute approximate surface area is 210 Å². The molecular weight excluding hydrogens is 495 g/mol. The maximum absolute atomic E-state index is 14.6. The van der Waals surface area contributed by atoms with E-state index in [1.165, 1.54) is 18.3 Å². The number of rotatable bonds is 6. The summed E-state index contributed by atoms with van der Waals surface area (Å²) in [5, 5.41) is 14.4. The molecule has 1 atom stereocenters.